The maximum atomic E-state index is 12.6. The van der Waals surface area contributed by atoms with Crippen LogP contribution in [0.5, 0.6) is 17.2 Å². The average molecular weight is 357 g/mol. The molecule has 5 heteroatoms. The minimum Gasteiger partial charge on any atom is -0.496 e. The first-order valence-electron chi connectivity index (χ1n) is 8.85. The Hall–Kier alpha value is -2.69. The first-order valence-corrected chi connectivity index (χ1v) is 8.85. The van der Waals surface area contributed by atoms with Crippen molar-refractivity contribution in [3.8, 4) is 17.2 Å². The highest BCUT2D eigenvalue weighted by Gasteiger charge is 2.15. The molecule has 0 saturated carbocycles. The number of aryl methyl sites for hydroxylation is 1. The summed E-state index contributed by atoms with van der Waals surface area (Å²) in [4.78, 5) is 12.6. The van der Waals surface area contributed by atoms with E-state index < -0.39 is 0 Å². The third-order valence-electron chi connectivity index (χ3n) is 4.07. The Morgan fingerprint density at radius 3 is 2.27 bits per heavy atom. The maximum Gasteiger partial charge on any atom is 0.251 e. The van der Waals surface area contributed by atoms with E-state index in [0.717, 1.165) is 16.9 Å². The van der Waals surface area contributed by atoms with Gasteiger partial charge in [-0.3, -0.25) is 4.79 Å². The Morgan fingerprint density at radius 1 is 1.00 bits per heavy atom. The van der Waals surface area contributed by atoms with Crippen LogP contribution in [-0.2, 0) is 0 Å². The molecule has 1 amide bonds. The van der Waals surface area contributed by atoms with Crippen LogP contribution in [0.15, 0.2) is 36.4 Å². The van der Waals surface area contributed by atoms with Crippen molar-refractivity contribution in [2.24, 2.45) is 0 Å². The van der Waals surface area contributed by atoms with Crippen molar-refractivity contribution >= 4 is 5.91 Å². The normalized spacial score (nSPS) is 11.6. The quantitative estimate of drug-likeness (QED) is 0.766. The number of methoxy groups -OCH3 is 1. The number of hydrogen-bond donors (Lipinski definition) is 1. The molecule has 0 aromatic heterocycles. The summed E-state index contributed by atoms with van der Waals surface area (Å²) < 4.78 is 16.5. The summed E-state index contributed by atoms with van der Waals surface area (Å²) in [6.07, 6.45) is 0. The monoisotopic (exact) mass is 357 g/mol. The highest BCUT2D eigenvalue weighted by atomic mass is 16.5. The lowest BCUT2D eigenvalue weighted by atomic mass is 10.1. The van der Waals surface area contributed by atoms with Gasteiger partial charge in [-0.1, -0.05) is 6.07 Å². The fourth-order valence-electron chi connectivity index (χ4n) is 2.72. The van der Waals surface area contributed by atoms with E-state index in [9.17, 15) is 4.79 Å². The highest BCUT2D eigenvalue weighted by molar-refractivity contribution is 5.94. The van der Waals surface area contributed by atoms with Crippen LogP contribution >= 0.6 is 0 Å². The van der Waals surface area contributed by atoms with E-state index in [1.165, 1.54) is 0 Å². The molecule has 0 aliphatic carbocycles. The van der Waals surface area contributed by atoms with Crippen LogP contribution in [0.2, 0.25) is 0 Å². The minimum absolute atomic E-state index is 0.130. The van der Waals surface area contributed by atoms with Crippen molar-refractivity contribution in [3.05, 3.63) is 53.1 Å². The van der Waals surface area contributed by atoms with Gasteiger partial charge in [0.15, 0.2) is 11.5 Å². The average Bonchev–Trinajstić information content (AvgIpc) is 2.63. The molecule has 1 N–H and O–H groups in total. The Bertz CT molecular complexity index is 758. The predicted molar refractivity (Wildman–Crippen MR) is 102 cm³/mol. The summed E-state index contributed by atoms with van der Waals surface area (Å²) in [6.45, 7) is 8.85. The van der Waals surface area contributed by atoms with Gasteiger partial charge < -0.3 is 19.5 Å². The van der Waals surface area contributed by atoms with Gasteiger partial charge in [0.25, 0.3) is 5.91 Å². The lowest BCUT2D eigenvalue weighted by Gasteiger charge is -2.18. The summed E-state index contributed by atoms with van der Waals surface area (Å²) in [7, 11) is 1.62. The molecule has 140 valence electrons. The maximum absolute atomic E-state index is 12.6. The van der Waals surface area contributed by atoms with Gasteiger partial charge >= 0.3 is 0 Å². The van der Waals surface area contributed by atoms with Crippen molar-refractivity contribution in [2.75, 3.05) is 20.3 Å². The summed E-state index contributed by atoms with van der Waals surface area (Å²) in [5.74, 6) is 2.04. The van der Waals surface area contributed by atoms with Gasteiger partial charge in [-0.05, 0) is 69.2 Å². The molecule has 2 rings (SSSR count). The van der Waals surface area contributed by atoms with Gasteiger partial charge in [0.2, 0.25) is 0 Å². The van der Waals surface area contributed by atoms with E-state index in [0.29, 0.717) is 30.3 Å². The van der Waals surface area contributed by atoms with Crippen LogP contribution in [0.4, 0.5) is 0 Å². The molecular weight excluding hydrogens is 330 g/mol. The van der Waals surface area contributed by atoms with E-state index in [-0.39, 0.29) is 11.9 Å². The van der Waals surface area contributed by atoms with Crippen molar-refractivity contribution in [1.29, 1.82) is 0 Å². The highest BCUT2D eigenvalue weighted by Crippen LogP contribution is 2.31. The number of hydrogen-bond acceptors (Lipinski definition) is 4. The lowest BCUT2D eigenvalue weighted by Crippen LogP contribution is -2.26. The molecule has 0 saturated heterocycles. The van der Waals surface area contributed by atoms with E-state index in [4.69, 9.17) is 14.2 Å². The predicted octanol–water partition coefficient (Wildman–Crippen LogP) is 4.29. The van der Waals surface area contributed by atoms with Gasteiger partial charge in [0, 0.05) is 5.56 Å². The molecule has 2 aromatic rings. The Kier molecular flexibility index (Phi) is 6.89. The van der Waals surface area contributed by atoms with E-state index in [1.807, 2.05) is 52.0 Å². The first kappa shape index (κ1) is 19.6. The Labute approximate surface area is 155 Å². The van der Waals surface area contributed by atoms with Crippen LogP contribution in [0.25, 0.3) is 0 Å². The van der Waals surface area contributed by atoms with Crippen molar-refractivity contribution in [3.63, 3.8) is 0 Å². The molecule has 1 atom stereocenters. The molecular formula is C21H27NO4. The van der Waals surface area contributed by atoms with Gasteiger partial charge in [-0.2, -0.15) is 0 Å². The van der Waals surface area contributed by atoms with E-state index in [2.05, 4.69) is 5.32 Å². The molecule has 0 aliphatic heterocycles. The minimum atomic E-state index is -0.167. The van der Waals surface area contributed by atoms with Gasteiger partial charge in [-0.15, -0.1) is 0 Å². The molecule has 0 radical (unpaired) electrons. The van der Waals surface area contributed by atoms with Crippen molar-refractivity contribution < 1.29 is 19.0 Å². The molecule has 0 bridgehead atoms. The number of rotatable bonds is 8. The summed E-state index contributed by atoms with van der Waals surface area (Å²) in [5, 5.41) is 3.02. The zero-order chi connectivity index (χ0) is 19.1. The lowest BCUT2D eigenvalue weighted by molar-refractivity contribution is 0.0939. The SMILES string of the molecule is CCOc1ccc([C@@H](C)NC(=O)c2ccc(OC)c(C)c2)cc1OCC. The largest absolute Gasteiger partial charge is 0.496 e. The second kappa shape index (κ2) is 9.13. The number of nitrogens with one attached hydrogen (secondary N) is 1. The van der Waals surface area contributed by atoms with Gasteiger partial charge in [0.1, 0.15) is 5.75 Å². The first-order chi connectivity index (χ1) is 12.5. The zero-order valence-electron chi connectivity index (χ0n) is 16.1. The second-order valence-electron chi connectivity index (χ2n) is 5.95. The number of amides is 1. The fourth-order valence-corrected chi connectivity index (χ4v) is 2.72. The van der Waals surface area contributed by atoms with Crippen LogP contribution in [0.1, 0.15) is 48.3 Å². The number of benzene rings is 2. The fraction of sp³-hybridized carbons (Fsp3) is 0.381. The molecule has 26 heavy (non-hydrogen) atoms. The molecule has 0 fully saturated rings. The molecule has 0 heterocycles. The molecule has 0 spiro atoms. The molecule has 5 nitrogen and oxygen atoms in total. The summed E-state index contributed by atoms with van der Waals surface area (Å²) in [6, 6.07) is 11.0. The number of carbonyl (C=O) groups excluding carboxylic acids is 1. The number of ether oxygens (including phenoxy) is 3. The Balaban J connectivity index is 2.15. The second-order valence-corrected chi connectivity index (χ2v) is 5.95. The smallest absolute Gasteiger partial charge is 0.251 e. The third-order valence-corrected chi connectivity index (χ3v) is 4.07. The van der Waals surface area contributed by atoms with Crippen molar-refractivity contribution in [1.82, 2.24) is 5.32 Å². The van der Waals surface area contributed by atoms with Crippen LogP contribution in [0, 0.1) is 6.92 Å². The van der Waals surface area contributed by atoms with E-state index in [1.54, 1.807) is 19.2 Å². The molecule has 0 aliphatic rings. The van der Waals surface area contributed by atoms with Gasteiger partial charge in [0.05, 0.1) is 26.4 Å². The van der Waals surface area contributed by atoms with Crippen molar-refractivity contribution in [2.45, 2.75) is 33.7 Å². The summed E-state index contributed by atoms with van der Waals surface area (Å²) >= 11 is 0. The van der Waals surface area contributed by atoms with Gasteiger partial charge in [-0.25, -0.2) is 0 Å². The van der Waals surface area contributed by atoms with Crippen LogP contribution in [0.3, 0.4) is 0 Å². The Morgan fingerprint density at radius 2 is 1.65 bits per heavy atom. The summed E-state index contributed by atoms with van der Waals surface area (Å²) in [5.41, 5.74) is 2.48. The van der Waals surface area contributed by atoms with E-state index >= 15 is 0 Å². The molecule has 0 unspecified atom stereocenters. The van der Waals surface area contributed by atoms with Crippen LogP contribution < -0.4 is 19.5 Å². The topological polar surface area (TPSA) is 56.8 Å². The number of carbonyl (C=O) groups is 1. The van der Waals surface area contributed by atoms with Crippen LogP contribution in [-0.4, -0.2) is 26.2 Å². The third kappa shape index (κ3) is 4.69. The molecule has 2 aromatic carbocycles. The zero-order valence-corrected chi connectivity index (χ0v) is 16.1. The standard InChI is InChI=1S/C21H27NO4/c1-6-25-19-11-8-16(13-20(19)26-7-2)15(4)22-21(23)17-9-10-18(24-5)14(3)12-17/h8-13,15H,6-7H2,1-5H3,(H,22,23)/t15-/m1/s1.